The van der Waals surface area contributed by atoms with Crippen LogP contribution in [0.2, 0.25) is 0 Å². The molecule has 0 fully saturated rings. The number of hydrogen-bond donors (Lipinski definition) is 0. The summed E-state index contributed by atoms with van der Waals surface area (Å²) in [5.41, 5.74) is -0.741. The lowest BCUT2D eigenvalue weighted by Crippen LogP contribution is -2.26. The van der Waals surface area contributed by atoms with Gasteiger partial charge in [0.1, 0.15) is 11.6 Å². The zero-order valence-corrected chi connectivity index (χ0v) is 8.47. The summed E-state index contributed by atoms with van der Waals surface area (Å²) in [6, 6.07) is 2.10. The molecule has 0 heterocycles. The molecule has 1 atom stereocenters. The van der Waals surface area contributed by atoms with Gasteiger partial charge in [-0.05, 0) is 18.2 Å². The Morgan fingerprint density at radius 2 is 1.94 bits per heavy atom. The Balaban J connectivity index is 3.05. The first-order valence-corrected chi connectivity index (χ1v) is 4.63. The number of rotatable bonds is 4. The summed E-state index contributed by atoms with van der Waals surface area (Å²) in [6.45, 7) is 1.38. The van der Waals surface area contributed by atoms with E-state index in [4.69, 9.17) is 0 Å². The van der Waals surface area contributed by atoms with Crippen molar-refractivity contribution in [3.8, 4) is 0 Å². The Morgan fingerprint density at radius 1 is 1.31 bits per heavy atom. The van der Waals surface area contributed by atoms with Crippen molar-refractivity contribution in [2.45, 2.75) is 19.5 Å². The third-order valence-corrected chi connectivity index (χ3v) is 2.06. The third kappa shape index (κ3) is 2.48. The second kappa shape index (κ2) is 4.92. The number of halogens is 3. The first kappa shape index (κ1) is 12.4. The minimum Gasteiger partial charge on any atom is -0.296 e. The normalized spacial score (nSPS) is 12.2. The molecule has 16 heavy (non-hydrogen) atoms. The van der Waals surface area contributed by atoms with Crippen LogP contribution < -0.4 is 0 Å². The molecule has 1 aromatic rings. The van der Waals surface area contributed by atoms with Gasteiger partial charge in [0.2, 0.25) is 12.0 Å². The molecule has 0 bridgehead atoms. The van der Waals surface area contributed by atoms with Crippen molar-refractivity contribution in [3.05, 3.63) is 35.4 Å². The van der Waals surface area contributed by atoms with E-state index in [1.54, 1.807) is 0 Å². The maximum atomic E-state index is 13.2. The van der Waals surface area contributed by atoms with Crippen LogP contribution in [0.4, 0.5) is 13.2 Å². The van der Waals surface area contributed by atoms with Gasteiger partial charge in [-0.25, -0.2) is 13.2 Å². The van der Waals surface area contributed by atoms with Crippen LogP contribution in [0.3, 0.4) is 0 Å². The molecule has 2 nitrogen and oxygen atoms in total. The number of Topliss-reactive ketones (excluding diaryl/α,β-unsaturated/α-hetero) is 2. The fourth-order valence-electron chi connectivity index (χ4n) is 1.15. The summed E-state index contributed by atoms with van der Waals surface area (Å²) in [7, 11) is 0. The maximum Gasteiger partial charge on any atom is 0.220 e. The Hall–Kier alpha value is -1.65. The molecule has 0 aromatic heterocycles. The smallest absolute Gasteiger partial charge is 0.220 e. The average molecular weight is 230 g/mol. The van der Waals surface area contributed by atoms with Gasteiger partial charge in [-0.15, -0.1) is 0 Å². The van der Waals surface area contributed by atoms with Gasteiger partial charge in [-0.3, -0.25) is 9.59 Å². The van der Waals surface area contributed by atoms with Crippen LogP contribution in [0.15, 0.2) is 18.2 Å². The predicted molar refractivity (Wildman–Crippen MR) is 50.9 cm³/mol. The van der Waals surface area contributed by atoms with Crippen LogP contribution in [0.5, 0.6) is 0 Å². The van der Waals surface area contributed by atoms with Gasteiger partial charge in [0.15, 0.2) is 5.78 Å². The lowest BCUT2D eigenvalue weighted by atomic mass is 10.0. The summed E-state index contributed by atoms with van der Waals surface area (Å²) < 4.78 is 39.0. The molecule has 0 spiro atoms. The lowest BCUT2D eigenvalue weighted by Gasteiger charge is -2.06. The molecule has 1 unspecified atom stereocenters. The molecule has 0 amide bonds. The van der Waals surface area contributed by atoms with Gasteiger partial charge in [0.05, 0.1) is 5.56 Å². The van der Waals surface area contributed by atoms with E-state index >= 15 is 0 Å². The highest BCUT2D eigenvalue weighted by Gasteiger charge is 2.27. The van der Waals surface area contributed by atoms with Gasteiger partial charge in [-0.1, -0.05) is 6.92 Å². The Morgan fingerprint density at radius 3 is 2.50 bits per heavy atom. The summed E-state index contributed by atoms with van der Waals surface area (Å²) in [4.78, 5) is 22.2. The highest BCUT2D eigenvalue weighted by Crippen LogP contribution is 2.14. The molecule has 0 aliphatic carbocycles. The molecule has 5 heteroatoms. The van der Waals surface area contributed by atoms with E-state index in [0.29, 0.717) is 12.1 Å². The number of ketones is 2. The van der Waals surface area contributed by atoms with E-state index in [0.717, 1.165) is 6.07 Å². The molecular formula is C11H9F3O2. The Kier molecular flexibility index (Phi) is 3.82. The van der Waals surface area contributed by atoms with Crippen molar-refractivity contribution < 1.29 is 22.8 Å². The first-order valence-electron chi connectivity index (χ1n) is 4.63. The van der Waals surface area contributed by atoms with Crippen molar-refractivity contribution in [1.29, 1.82) is 0 Å². The van der Waals surface area contributed by atoms with Gasteiger partial charge in [-0.2, -0.15) is 0 Å². The van der Waals surface area contributed by atoms with Crippen molar-refractivity contribution in [2.75, 3.05) is 0 Å². The molecule has 0 saturated heterocycles. The molecular weight excluding hydrogens is 221 g/mol. The number of hydrogen-bond acceptors (Lipinski definition) is 2. The molecule has 86 valence electrons. The summed E-state index contributed by atoms with van der Waals surface area (Å²) in [5, 5.41) is 0. The number of alkyl halides is 1. The zero-order valence-electron chi connectivity index (χ0n) is 8.47. The van der Waals surface area contributed by atoms with E-state index in [-0.39, 0.29) is 6.42 Å². The molecule has 0 saturated carbocycles. The monoisotopic (exact) mass is 230 g/mol. The molecule has 1 rings (SSSR count). The standard InChI is InChI=1S/C11H9F3O2/c1-2-9(15)10(14)11(16)7-5-6(12)3-4-8(7)13/h3-5,10H,2H2,1H3. The van der Waals surface area contributed by atoms with E-state index in [9.17, 15) is 22.8 Å². The lowest BCUT2D eigenvalue weighted by molar-refractivity contribution is -0.121. The fraction of sp³-hybridized carbons (Fsp3) is 0.273. The summed E-state index contributed by atoms with van der Waals surface area (Å²) in [6.07, 6.45) is -2.61. The van der Waals surface area contributed by atoms with Crippen molar-refractivity contribution in [3.63, 3.8) is 0 Å². The first-order chi connectivity index (χ1) is 7.47. The van der Waals surface area contributed by atoms with Crippen LogP contribution in [-0.2, 0) is 4.79 Å². The average Bonchev–Trinajstić information content (AvgIpc) is 2.29. The van der Waals surface area contributed by atoms with Gasteiger partial charge in [0, 0.05) is 6.42 Å². The third-order valence-electron chi connectivity index (χ3n) is 2.06. The minimum absolute atomic E-state index is 0.177. The van der Waals surface area contributed by atoms with Crippen molar-refractivity contribution in [1.82, 2.24) is 0 Å². The van der Waals surface area contributed by atoms with E-state index in [2.05, 4.69) is 0 Å². The summed E-state index contributed by atoms with van der Waals surface area (Å²) >= 11 is 0. The second-order valence-electron chi connectivity index (χ2n) is 3.17. The summed E-state index contributed by atoms with van der Waals surface area (Å²) in [5.74, 6) is -4.20. The van der Waals surface area contributed by atoms with Crippen molar-refractivity contribution in [2.24, 2.45) is 0 Å². The van der Waals surface area contributed by atoms with Crippen molar-refractivity contribution >= 4 is 11.6 Å². The van der Waals surface area contributed by atoms with Crippen LogP contribution in [0, 0.1) is 11.6 Å². The number of benzene rings is 1. The minimum atomic E-state index is -2.43. The van der Waals surface area contributed by atoms with Crippen LogP contribution in [0.25, 0.3) is 0 Å². The molecule has 1 aromatic carbocycles. The Bertz CT molecular complexity index is 429. The molecule has 0 aliphatic rings. The van der Waals surface area contributed by atoms with E-state index in [1.165, 1.54) is 6.92 Å². The highest BCUT2D eigenvalue weighted by atomic mass is 19.1. The SMILES string of the molecule is CCC(=O)C(F)C(=O)c1cc(F)ccc1F. The predicted octanol–water partition coefficient (Wildman–Crippen LogP) is 2.46. The van der Waals surface area contributed by atoms with E-state index in [1.807, 2.05) is 0 Å². The molecule has 0 N–H and O–H groups in total. The second-order valence-corrected chi connectivity index (χ2v) is 3.17. The maximum absolute atomic E-state index is 13.2. The largest absolute Gasteiger partial charge is 0.296 e. The van der Waals surface area contributed by atoms with Gasteiger partial charge in [0.25, 0.3) is 0 Å². The van der Waals surface area contributed by atoms with Crippen LogP contribution in [0.1, 0.15) is 23.7 Å². The van der Waals surface area contributed by atoms with Gasteiger partial charge >= 0.3 is 0 Å². The number of carbonyl (C=O) groups excluding carboxylic acids is 2. The highest BCUT2D eigenvalue weighted by molar-refractivity contribution is 6.13. The quantitative estimate of drug-likeness (QED) is 0.588. The zero-order chi connectivity index (χ0) is 12.3. The van der Waals surface area contributed by atoms with Gasteiger partial charge < -0.3 is 0 Å². The van der Waals surface area contributed by atoms with E-state index < -0.39 is 34.9 Å². The fourth-order valence-corrected chi connectivity index (χ4v) is 1.15. The number of carbonyl (C=O) groups is 2. The molecule has 0 aliphatic heterocycles. The van der Waals surface area contributed by atoms with Crippen LogP contribution >= 0.6 is 0 Å². The molecule has 0 radical (unpaired) electrons. The topological polar surface area (TPSA) is 34.1 Å². The Labute approximate surface area is 90.1 Å². The van der Waals surface area contributed by atoms with Crippen LogP contribution in [-0.4, -0.2) is 17.7 Å².